The lowest BCUT2D eigenvalue weighted by Crippen LogP contribution is -2.40. The average Bonchev–Trinajstić information content (AvgIpc) is 2.73. The maximum absolute atomic E-state index is 14.0. The second-order valence-corrected chi connectivity index (χ2v) is 5.41. The van der Waals surface area contributed by atoms with Crippen molar-refractivity contribution in [1.29, 1.82) is 0 Å². The van der Waals surface area contributed by atoms with Crippen LogP contribution < -0.4 is 5.32 Å². The fourth-order valence-electron chi connectivity index (χ4n) is 2.94. The lowest BCUT2D eigenvalue weighted by atomic mass is 10.0. The topological polar surface area (TPSA) is 32.3 Å². The molecule has 110 valence electrons. The van der Waals surface area contributed by atoms with Crippen molar-refractivity contribution in [2.24, 2.45) is 0 Å². The summed E-state index contributed by atoms with van der Waals surface area (Å²) in [6.45, 7) is 6.03. The van der Waals surface area contributed by atoms with Gasteiger partial charge in [-0.2, -0.15) is 0 Å². The fourth-order valence-corrected chi connectivity index (χ4v) is 2.94. The molecule has 1 aliphatic rings. The molecule has 3 atom stereocenters. The Labute approximate surface area is 120 Å². The zero-order valence-corrected chi connectivity index (χ0v) is 12.4. The van der Waals surface area contributed by atoms with E-state index in [1.165, 1.54) is 6.07 Å². The van der Waals surface area contributed by atoms with Gasteiger partial charge in [-0.3, -0.25) is 10.1 Å². The monoisotopic (exact) mass is 278 g/mol. The van der Waals surface area contributed by atoms with Gasteiger partial charge < -0.3 is 4.90 Å². The van der Waals surface area contributed by atoms with Gasteiger partial charge in [-0.25, -0.2) is 4.39 Å². The number of carbonyl (C=O) groups excluding carboxylic acids is 1. The van der Waals surface area contributed by atoms with E-state index in [9.17, 15) is 9.18 Å². The standard InChI is InChI=1S/C16H23FN2O/c1-4-8-12(5-2)19-15(18-11(3)16(19)20)13-9-6-7-10-14(13)17/h6-7,9-12,15,18H,4-5,8H2,1-3H3. The van der Waals surface area contributed by atoms with E-state index in [2.05, 4.69) is 19.2 Å². The molecule has 1 aromatic rings. The summed E-state index contributed by atoms with van der Waals surface area (Å²) < 4.78 is 14.0. The summed E-state index contributed by atoms with van der Waals surface area (Å²) in [5, 5.41) is 3.22. The predicted molar refractivity (Wildman–Crippen MR) is 77.6 cm³/mol. The van der Waals surface area contributed by atoms with Crippen LogP contribution in [0.25, 0.3) is 0 Å². The van der Waals surface area contributed by atoms with Gasteiger partial charge in [0.2, 0.25) is 5.91 Å². The Kier molecular flexibility index (Phi) is 4.76. The Morgan fingerprint density at radius 3 is 2.65 bits per heavy atom. The minimum atomic E-state index is -0.352. The Morgan fingerprint density at radius 2 is 2.05 bits per heavy atom. The molecular weight excluding hydrogens is 255 g/mol. The molecule has 0 saturated carbocycles. The molecule has 0 radical (unpaired) electrons. The molecule has 2 rings (SSSR count). The van der Waals surface area contributed by atoms with Crippen LogP contribution in [0.4, 0.5) is 4.39 Å². The van der Waals surface area contributed by atoms with Crippen LogP contribution in [0.5, 0.6) is 0 Å². The number of hydrogen-bond donors (Lipinski definition) is 1. The van der Waals surface area contributed by atoms with Crippen molar-refractivity contribution >= 4 is 5.91 Å². The summed E-state index contributed by atoms with van der Waals surface area (Å²) in [7, 11) is 0. The molecule has 1 aliphatic heterocycles. The summed E-state index contributed by atoms with van der Waals surface area (Å²) in [6.07, 6.45) is 2.50. The molecule has 1 fully saturated rings. The lowest BCUT2D eigenvalue weighted by Gasteiger charge is -2.32. The second kappa shape index (κ2) is 6.35. The third-order valence-corrected chi connectivity index (χ3v) is 4.00. The summed E-state index contributed by atoms with van der Waals surface area (Å²) in [4.78, 5) is 14.3. The quantitative estimate of drug-likeness (QED) is 0.897. The molecule has 20 heavy (non-hydrogen) atoms. The Balaban J connectivity index is 2.35. The molecule has 3 unspecified atom stereocenters. The zero-order valence-electron chi connectivity index (χ0n) is 12.4. The van der Waals surface area contributed by atoms with Crippen LogP contribution in [0.2, 0.25) is 0 Å². The van der Waals surface area contributed by atoms with Gasteiger partial charge in [0.05, 0.1) is 6.04 Å². The van der Waals surface area contributed by atoms with E-state index in [1.54, 1.807) is 12.1 Å². The maximum Gasteiger partial charge on any atom is 0.241 e. The van der Waals surface area contributed by atoms with Crippen LogP contribution in [-0.2, 0) is 4.79 Å². The van der Waals surface area contributed by atoms with E-state index < -0.39 is 0 Å². The smallest absolute Gasteiger partial charge is 0.241 e. The second-order valence-electron chi connectivity index (χ2n) is 5.41. The number of benzene rings is 1. The highest BCUT2D eigenvalue weighted by molar-refractivity contribution is 5.84. The molecule has 1 amide bonds. The van der Waals surface area contributed by atoms with Gasteiger partial charge in [0.1, 0.15) is 12.0 Å². The number of halogens is 1. The highest BCUT2D eigenvalue weighted by atomic mass is 19.1. The number of nitrogens with one attached hydrogen (secondary N) is 1. The van der Waals surface area contributed by atoms with Gasteiger partial charge >= 0.3 is 0 Å². The van der Waals surface area contributed by atoms with Crippen LogP contribution in [-0.4, -0.2) is 22.9 Å². The van der Waals surface area contributed by atoms with Crippen molar-refractivity contribution in [3.05, 3.63) is 35.6 Å². The minimum absolute atomic E-state index is 0.0681. The number of carbonyl (C=O) groups is 1. The number of rotatable bonds is 5. The fraction of sp³-hybridized carbons (Fsp3) is 0.562. The first-order valence-electron chi connectivity index (χ1n) is 7.42. The Morgan fingerprint density at radius 1 is 1.35 bits per heavy atom. The summed E-state index contributed by atoms with van der Waals surface area (Å²) in [5.74, 6) is -0.193. The normalized spacial score (nSPS) is 24.2. The van der Waals surface area contributed by atoms with Gasteiger partial charge in [-0.05, 0) is 25.8 Å². The van der Waals surface area contributed by atoms with Crippen molar-refractivity contribution in [3.63, 3.8) is 0 Å². The largest absolute Gasteiger partial charge is 0.318 e. The third kappa shape index (κ3) is 2.70. The number of nitrogens with zero attached hydrogens (tertiary/aromatic N) is 1. The van der Waals surface area contributed by atoms with Crippen molar-refractivity contribution in [1.82, 2.24) is 10.2 Å². The highest BCUT2D eigenvalue weighted by Crippen LogP contribution is 2.31. The molecule has 0 aliphatic carbocycles. The highest BCUT2D eigenvalue weighted by Gasteiger charge is 2.41. The van der Waals surface area contributed by atoms with E-state index >= 15 is 0 Å². The van der Waals surface area contributed by atoms with Crippen molar-refractivity contribution < 1.29 is 9.18 Å². The van der Waals surface area contributed by atoms with Gasteiger partial charge in [0, 0.05) is 11.6 Å². The molecular formula is C16H23FN2O. The minimum Gasteiger partial charge on any atom is -0.318 e. The third-order valence-electron chi connectivity index (χ3n) is 4.00. The van der Waals surface area contributed by atoms with Crippen molar-refractivity contribution in [2.75, 3.05) is 0 Å². The Bertz CT molecular complexity index is 477. The van der Waals surface area contributed by atoms with Crippen molar-refractivity contribution in [3.8, 4) is 0 Å². The van der Waals surface area contributed by atoms with Crippen LogP contribution in [0, 0.1) is 5.82 Å². The van der Waals surface area contributed by atoms with Gasteiger partial charge in [0.15, 0.2) is 0 Å². The van der Waals surface area contributed by atoms with E-state index in [-0.39, 0.29) is 30.0 Å². The summed E-state index contributed by atoms with van der Waals surface area (Å²) in [5.41, 5.74) is 0.555. The molecule has 1 heterocycles. The number of hydrogen-bond acceptors (Lipinski definition) is 2. The molecule has 1 aromatic carbocycles. The lowest BCUT2D eigenvalue weighted by molar-refractivity contribution is -0.132. The predicted octanol–water partition coefficient (Wildman–Crippen LogP) is 3.22. The Hall–Kier alpha value is -1.42. The van der Waals surface area contributed by atoms with Crippen LogP contribution >= 0.6 is 0 Å². The van der Waals surface area contributed by atoms with Crippen LogP contribution in [0.1, 0.15) is 51.8 Å². The first-order chi connectivity index (χ1) is 9.60. The molecule has 0 aromatic heterocycles. The van der Waals surface area contributed by atoms with E-state index in [0.717, 1.165) is 19.3 Å². The summed E-state index contributed by atoms with van der Waals surface area (Å²) in [6, 6.07) is 6.59. The average molecular weight is 278 g/mol. The van der Waals surface area contributed by atoms with Crippen LogP contribution in [0.15, 0.2) is 24.3 Å². The zero-order chi connectivity index (χ0) is 14.7. The molecule has 0 spiro atoms. The first-order valence-corrected chi connectivity index (χ1v) is 7.42. The molecule has 3 nitrogen and oxygen atoms in total. The number of amides is 1. The van der Waals surface area contributed by atoms with Crippen molar-refractivity contribution in [2.45, 2.75) is 58.3 Å². The van der Waals surface area contributed by atoms with E-state index in [4.69, 9.17) is 0 Å². The maximum atomic E-state index is 14.0. The van der Waals surface area contributed by atoms with E-state index in [1.807, 2.05) is 17.9 Å². The van der Waals surface area contributed by atoms with Gasteiger partial charge in [-0.15, -0.1) is 0 Å². The van der Waals surface area contributed by atoms with Gasteiger partial charge in [-0.1, -0.05) is 38.5 Å². The molecule has 4 heteroatoms. The molecule has 0 bridgehead atoms. The van der Waals surface area contributed by atoms with Gasteiger partial charge in [0.25, 0.3) is 0 Å². The first kappa shape index (κ1) is 15.0. The molecule has 1 saturated heterocycles. The molecule has 1 N–H and O–H groups in total. The van der Waals surface area contributed by atoms with E-state index in [0.29, 0.717) is 5.56 Å². The summed E-state index contributed by atoms with van der Waals surface area (Å²) >= 11 is 0. The SMILES string of the molecule is CCCC(CC)N1C(=O)C(C)NC1c1ccccc1F. The van der Waals surface area contributed by atoms with Crippen LogP contribution in [0.3, 0.4) is 0 Å².